The van der Waals surface area contributed by atoms with Crippen molar-refractivity contribution in [3.63, 3.8) is 0 Å². The minimum atomic E-state index is -0.983. The van der Waals surface area contributed by atoms with Crippen LogP contribution in [0.1, 0.15) is 52.0 Å². The van der Waals surface area contributed by atoms with Crippen LogP contribution in [0.25, 0.3) is 11.0 Å². The van der Waals surface area contributed by atoms with Crippen molar-refractivity contribution in [2.75, 3.05) is 13.1 Å². The monoisotopic (exact) mass is 575 g/mol. The fraction of sp³-hybridized carbons (Fsp3) is 0.276. The fourth-order valence-corrected chi connectivity index (χ4v) is 5.33. The minimum Gasteiger partial charge on any atom is -0.478 e. The van der Waals surface area contributed by atoms with E-state index in [1.807, 2.05) is 16.7 Å². The van der Waals surface area contributed by atoms with Crippen LogP contribution in [0.5, 0.6) is 5.88 Å². The van der Waals surface area contributed by atoms with E-state index < -0.39 is 11.8 Å². The maximum Gasteiger partial charge on any atom is 0.335 e. The molecule has 5 aromatic rings. The molecule has 0 amide bonds. The van der Waals surface area contributed by atoms with Crippen molar-refractivity contribution in [2.45, 2.75) is 38.5 Å². The van der Waals surface area contributed by atoms with Crippen molar-refractivity contribution < 1.29 is 19.0 Å². The molecule has 6 rings (SSSR count). The number of H-pyrrole nitrogens is 1. The SMILES string of the molecule is O=C(O)c1ccc2nc(CN3CCC(c4cccc(OCc5ccc(Cl)cc5F)n4)CC3)n(Cc3ncn[nH]3)c2c1. The van der Waals surface area contributed by atoms with Gasteiger partial charge in [0.1, 0.15) is 30.4 Å². The number of hydrogen-bond acceptors (Lipinski definition) is 7. The van der Waals surface area contributed by atoms with E-state index in [4.69, 9.17) is 26.3 Å². The molecule has 3 aromatic heterocycles. The molecular weight excluding hydrogens is 549 g/mol. The lowest BCUT2D eigenvalue weighted by Crippen LogP contribution is -2.33. The summed E-state index contributed by atoms with van der Waals surface area (Å²) in [6.07, 6.45) is 3.27. The van der Waals surface area contributed by atoms with Crippen LogP contribution in [0.3, 0.4) is 0 Å². The molecule has 2 aromatic carbocycles. The molecular formula is C29H27ClFN7O3. The molecule has 0 atom stereocenters. The number of aromatic amines is 1. The summed E-state index contributed by atoms with van der Waals surface area (Å²) in [5.41, 5.74) is 3.06. The van der Waals surface area contributed by atoms with E-state index in [0.29, 0.717) is 35.4 Å². The molecule has 0 unspecified atom stereocenters. The van der Waals surface area contributed by atoms with Gasteiger partial charge in [-0.15, -0.1) is 0 Å². The van der Waals surface area contributed by atoms with Gasteiger partial charge >= 0.3 is 5.97 Å². The van der Waals surface area contributed by atoms with Crippen LogP contribution in [0, 0.1) is 5.82 Å². The Morgan fingerprint density at radius 3 is 2.71 bits per heavy atom. The molecule has 1 aliphatic heterocycles. The highest BCUT2D eigenvalue weighted by Crippen LogP contribution is 2.29. The summed E-state index contributed by atoms with van der Waals surface area (Å²) in [4.78, 5) is 27.7. The molecule has 210 valence electrons. The average Bonchev–Trinajstić information content (AvgIpc) is 3.61. The van der Waals surface area contributed by atoms with Crippen molar-refractivity contribution in [1.82, 2.24) is 34.6 Å². The highest BCUT2D eigenvalue weighted by Gasteiger charge is 2.24. The molecule has 1 aliphatic rings. The molecule has 10 nitrogen and oxygen atoms in total. The Hall–Kier alpha value is -4.35. The second-order valence-electron chi connectivity index (χ2n) is 10.0. The fourth-order valence-electron chi connectivity index (χ4n) is 5.18. The number of nitrogens with one attached hydrogen (secondary N) is 1. The molecule has 0 radical (unpaired) electrons. The number of aromatic nitrogens is 6. The maximum atomic E-state index is 14.1. The molecule has 0 aliphatic carbocycles. The van der Waals surface area contributed by atoms with Crippen LogP contribution in [0.2, 0.25) is 5.02 Å². The summed E-state index contributed by atoms with van der Waals surface area (Å²) in [5.74, 6) is 0.840. The summed E-state index contributed by atoms with van der Waals surface area (Å²) in [5, 5.41) is 16.7. The number of carbonyl (C=O) groups is 1. The number of imidazole rings is 1. The number of ether oxygens (including phenoxy) is 1. The van der Waals surface area contributed by atoms with Gasteiger partial charge in [-0.1, -0.05) is 23.7 Å². The number of benzene rings is 2. The van der Waals surface area contributed by atoms with E-state index in [2.05, 4.69) is 20.1 Å². The Balaban J connectivity index is 1.13. The standard InChI is InChI=1S/C29H27ClFN7O3/c30-21-6-4-20(22(31)13-21)16-41-28-3-1-2-23(35-28)18-8-10-37(11-9-18)15-27-34-24-7-5-19(29(39)40)12-25(24)38(27)14-26-32-17-33-36-26/h1-7,12-13,17-18H,8-11,14-16H2,(H,39,40)(H,32,33,36). The van der Waals surface area contributed by atoms with E-state index in [1.54, 1.807) is 36.4 Å². The maximum absolute atomic E-state index is 14.1. The molecule has 0 saturated carbocycles. The number of likely N-dealkylation sites (tertiary alicyclic amines) is 1. The van der Waals surface area contributed by atoms with Crippen LogP contribution < -0.4 is 4.74 Å². The number of carboxylic acids is 1. The third-order valence-corrected chi connectivity index (χ3v) is 7.59. The van der Waals surface area contributed by atoms with Gasteiger partial charge in [0.05, 0.1) is 29.7 Å². The Bertz CT molecular complexity index is 1680. The summed E-state index contributed by atoms with van der Waals surface area (Å²) < 4.78 is 21.9. The van der Waals surface area contributed by atoms with Gasteiger partial charge in [-0.2, -0.15) is 5.10 Å². The van der Waals surface area contributed by atoms with Gasteiger partial charge in [0.2, 0.25) is 5.88 Å². The molecule has 41 heavy (non-hydrogen) atoms. The summed E-state index contributed by atoms with van der Waals surface area (Å²) >= 11 is 5.84. The first-order valence-electron chi connectivity index (χ1n) is 13.3. The Kier molecular flexibility index (Phi) is 7.62. The number of piperidine rings is 1. The second-order valence-corrected chi connectivity index (χ2v) is 10.5. The molecule has 0 spiro atoms. The predicted molar refractivity (Wildman–Crippen MR) is 149 cm³/mol. The summed E-state index contributed by atoms with van der Waals surface area (Å²) in [7, 11) is 0. The lowest BCUT2D eigenvalue weighted by molar-refractivity contribution is 0.0697. The van der Waals surface area contributed by atoms with Crippen LogP contribution in [-0.4, -0.2) is 58.8 Å². The summed E-state index contributed by atoms with van der Waals surface area (Å²) in [6, 6.07) is 15.2. The van der Waals surface area contributed by atoms with Gasteiger partial charge in [-0.3, -0.25) is 10.00 Å². The third-order valence-electron chi connectivity index (χ3n) is 7.35. The van der Waals surface area contributed by atoms with Gasteiger partial charge in [0.25, 0.3) is 0 Å². The van der Waals surface area contributed by atoms with Crippen LogP contribution >= 0.6 is 11.6 Å². The number of pyridine rings is 1. The van der Waals surface area contributed by atoms with Crippen LogP contribution in [0.15, 0.2) is 60.9 Å². The molecule has 2 N–H and O–H groups in total. The van der Waals surface area contributed by atoms with E-state index >= 15 is 0 Å². The van der Waals surface area contributed by atoms with E-state index in [1.165, 1.54) is 12.4 Å². The van der Waals surface area contributed by atoms with E-state index in [0.717, 1.165) is 48.5 Å². The molecule has 4 heterocycles. The minimum absolute atomic E-state index is 0.0704. The zero-order chi connectivity index (χ0) is 28.3. The number of nitrogens with zero attached hydrogens (tertiary/aromatic N) is 6. The highest BCUT2D eigenvalue weighted by molar-refractivity contribution is 6.30. The smallest absolute Gasteiger partial charge is 0.335 e. The molecule has 0 bridgehead atoms. The normalized spacial score (nSPS) is 14.5. The highest BCUT2D eigenvalue weighted by atomic mass is 35.5. The molecule has 1 fully saturated rings. The first kappa shape index (κ1) is 26.9. The van der Waals surface area contributed by atoms with Gasteiger partial charge in [-0.05, 0) is 62.3 Å². The van der Waals surface area contributed by atoms with Gasteiger partial charge < -0.3 is 14.4 Å². The largest absolute Gasteiger partial charge is 0.478 e. The molecule has 1 saturated heterocycles. The first-order valence-corrected chi connectivity index (χ1v) is 13.6. The number of rotatable bonds is 9. The average molecular weight is 576 g/mol. The lowest BCUT2D eigenvalue weighted by atomic mass is 9.93. The Morgan fingerprint density at radius 1 is 1.10 bits per heavy atom. The number of carboxylic acid groups (broad SMARTS) is 1. The van der Waals surface area contributed by atoms with E-state index in [-0.39, 0.29) is 18.1 Å². The zero-order valence-electron chi connectivity index (χ0n) is 22.0. The number of aromatic carboxylic acids is 1. The molecule has 12 heteroatoms. The second kappa shape index (κ2) is 11.6. The third kappa shape index (κ3) is 6.06. The van der Waals surface area contributed by atoms with Gasteiger partial charge in [0, 0.05) is 28.3 Å². The number of halogens is 2. The van der Waals surface area contributed by atoms with E-state index in [9.17, 15) is 14.3 Å². The number of fused-ring (bicyclic) bond motifs is 1. The van der Waals surface area contributed by atoms with Gasteiger partial charge in [0.15, 0.2) is 0 Å². The van der Waals surface area contributed by atoms with Crippen molar-refractivity contribution in [1.29, 1.82) is 0 Å². The quantitative estimate of drug-likeness (QED) is 0.250. The predicted octanol–water partition coefficient (Wildman–Crippen LogP) is 5.05. The summed E-state index contributed by atoms with van der Waals surface area (Å²) in [6.45, 7) is 2.78. The van der Waals surface area contributed by atoms with Crippen molar-refractivity contribution in [3.05, 3.63) is 100 Å². The lowest BCUT2D eigenvalue weighted by Gasteiger charge is -2.31. The Morgan fingerprint density at radius 2 is 1.95 bits per heavy atom. The van der Waals surface area contributed by atoms with Crippen molar-refractivity contribution >= 4 is 28.6 Å². The Labute approximate surface area is 239 Å². The number of hydrogen-bond donors (Lipinski definition) is 2. The van der Waals surface area contributed by atoms with Gasteiger partial charge in [-0.25, -0.2) is 24.1 Å². The van der Waals surface area contributed by atoms with Crippen molar-refractivity contribution in [3.8, 4) is 5.88 Å². The van der Waals surface area contributed by atoms with Crippen LogP contribution in [-0.2, 0) is 19.7 Å². The van der Waals surface area contributed by atoms with Crippen molar-refractivity contribution in [2.24, 2.45) is 0 Å². The van der Waals surface area contributed by atoms with Crippen LogP contribution in [0.4, 0.5) is 4.39 Å². The topological polar surface area (TPSA) is 122 Å². The first-order chi connectivity index (χ1) is 19.9. The zero-order valence-corrected chi connectivity index (χ0v) is 22.8.